The van der Waals surface area contributed by atoms with E-state index in [1.807, 2.05) is 97.5 Å². The molecule has 82 heavy (non-hydrogen) atoms. The van der Waals surface area contributed by atoms with Gasteiger partial charge in [-0.2, -0.15) is 0 Å². The molecule has 0 aliphatic carbocycles. The van der Waals surface area contributed by atoms with E-state index in [0.717, 1.165) is 23.7 Å². The van der Waals surface area contributed by atoms with Crippen LogP contribution in [0.2, 0.25) is 0 Å². The second-order valence-corrected chi connectivity index (χ2v) is 20.4. The van der Waals surface area contributed by atoms with Crippen molar-refractivity contribution in [1.82, 2.24) is 35.9 Å². The summed E-state index contributed by atoms with van der Waals surface area (Å²) in [5.74, 6) is -2.60. The number of nitrogens with zero attached hydrogens (tertiary/aromatic N) is 4. The first-order valence-corrected chi connectivity index (χ1v) is 26.0. The Kier molecular flexibility index (Phi) is 27.9. The number of methoxy groups -OCH3 is 2. The second-order valence-electron chi connectivity index (χ2n) is 20.1. The zero-order chi connectivity index (χ0) is 61.2. The van der Waals surface area contributed by atoms with Gasteiger partial charge in [-0.1, -0.05) is 88.4 Å². The maximum atomic E-state index is 13.1. The first-order valence-electron chi connectivity index (χ1n) is 25.3. The first-order chi connectivity index (χ1) is 38.7. The summed E-state index contributed by atoms with van der Waals surface area (Å²) in [6.07, 6.45) is 3.36. The van der Waals surface area contributed by atoms with Crippen LogP contribution in [0.25, 0.3) is 0 Å². The van der Waals surface area contributed by atoms with Gasteiger partial charge in [-0.15, -0.1) is 0 Å². The van der Waals surface area contributed by atoms with Crippen molar-refractivity contribution in [3.63, 3.8) is 0 Å². The Morgan fingerprint density at radius 2 is 0.951 bits per heavy atom. The van der Waals surface area contributed by atoms with Crippen LogP contribution in [-0.4, -0.2) is 107 Å². The molecule has 28 heteroatoms. The quantitative estimate of drug-likeness (QED) is 0.0195. The van der Waals surface area contributed by atoms with E-state index in [1.165, 1.54) is 26.7 Å². The summed E-state index contributed by atoms with van der Waals surface area (Å²) in [7, 11) is 4.40. The fourth-order valence-corrected chi connectivity index (χ4v) is 6.49. The maximum absolute atomic E-state index is 13.1. The van der Waals surface area contributed by atoms with E-state index in [4.69, 9.17) is 52.2 Å². The number of benzene rings is 2. The number of oxazole rings is 4. The summed E-state index contributed by atoms with van der Waals surface area (Å²) < 4.78 is 61.0. The normalized spacial score (nSPS) is 12.4. The number of aromatic nitrogens is 4. The fraction of sp³-hybridized carbons (Fsp3) is 0.444. The molecule has 0 saturated heterocycles. The zero-order valence-corrected chi connectivity index (χ0v) is 48.9. The van der Waals surface area contributed by atoms with Gasteiger partial charge in [0.2, 0.25) is 23.6 Å². The number of carbonyl (C=O) groups is 6. The van der Waals surface area contributed by atoms with Crippen LogP contribution in [-0.2, 0) is 46.3 Å². The fourth-order valence-electron chi connectivity index (χ4n) is 6.49. The number of carbonyl (C=O) groups excluding carboxylic acids is 5. The Morgan fingerprint density at radius 3 is 1.35 bits per heavy atom. The molecule has 0 aliphatic heterocycles. The van der Waals surface area contributed by atoms with Crippen molar-refractivity contribution in [1.29, 1.82) is 0 Å². The Labute approximate surface area is 477 Å². The van der Waals surface area contributed by atoms with Gasteiger partial charge in [0.05, 0.1) is 40.6 Å². The van der Waals surface area contributed by atoms with Gasteiger partial charge in [0.1, 0.15) is 60.4 Å². The van der Waals surface area contributed by atoms with Gasteiger partial charge < -0.3 is 72.9 Å². The van der Waals surface area contributed by atoms with Crippen LogP contribution in [0.4, 0.5) is 9.59 Å². The Bertz CT molecular complexity index is 2930. The molecule has 0 spiro atoms. The molecular formula is C54H72BN8O18P. The molecule has 6 N–H and O–H groups in total. The van der Waals surface area contributed by atoms with Crippen molar-refractivity contribution in [3.8, 4) is 0 Å². The Hall–Kier alpha value is -8.13. The average molecular weight is 1160 g/mol. The molecular weight excluding hydrogens is 1090 g/mol. The van der Waals surface area contributed by atoms with Crippen molar-refractivity contribution in [3.05, 3.63) is 143 Å². The number of nitrogens with two attached hydrogens (primary N) is 1. The van der Waals surface area contributed by atoms with Crippen LogP contribution < -0.4 is 21.7 Å². The number of aromatic carboxylic acids is 1. The van der Waals surface area contributed by atoms with E-state index in [2.05, 4.69) is 45.4 Å². The summed E-state index contributed by atoms with van der Waals surface area (Å²) in [6.45, 7) is 19.6. The first kappa shape index (κ1) is 68.1. The van der Waals surface area contributed by atoms with E-state index >= 15 is 0 Å². The number of alkyl carbamates (subject to hydrolysis) is 2. The molecule has 0 aliphatic rings. The van der Waals surface area contributed by atoms with Gasteiger partial charge in [0.25, 0.3) is 5.91 Å². The van der Waals surface area contributed by atoms with Crippen molar-refractivity contribution >= 4 is 52.0 Å². The number of amides is 3. The standard InChI is InChI=1S/C27H34N4O8.C14H16N2O4.C13H20N2O5.BH2OP/c1-16(2)21(31-26(34)39-27(3,4)5)24-29-18(14-38-24)22(32)28-19(13-36-12-17-10-8-7-9-11-17)23-30-20(15-37-23)25(33)35-6;1-18-14(17)12-9-20-13(16-12)11(15)8-19-7-10-5-3-2-4-6-10;1-7(2)9(15-12(18)20-13(3,4)5)10-14-8(6-19-10)11(16)17;2-1-3/h7-11,14-16,19,21H,12-13H2,1-6H3,(H,28,32)(H,31,34);2-6,9,11H,7-8,15H2,1H3;6-7,9H,1-5H3,(H,15,18)(H,16,17);3H2. The Morgan fingerprint density at radius 1 is 0.585 bits per heavy atom. The molecule has 0 bridgehead atoms. The number of rotatable bonds is 21. The molecule has 0 saturated carbocycles. The molecule has 5 unspecified atom stereocenters. The summed E-state index contributed by atoms with van der Waals surface area (Å²) in [5, 5.41) is 16.9. The molecule has 6 aromatic rings. The number of carboxylic acids is 1. The van der Waals surface area contributed by atoms with Gasteiger partial charge in [-0.25, -0.2) is 43.9 Å². The van der Waals surface area contributed by atoms with Crippen LogP contribution in [0.3, 0.4) is 0 Å². The minimum absolute atomic E-state index is 0.0126. The number of esters is 2. The van der Waals surface area contributed by atoms with Crippen LogP contribution >= 0.6 is 9.12 Å². The molecule has 26 nitrogen and oxygen atoms in total. The number of ether oxygens (including phenoxy) is 6. The summed E-state index contributed by atoms with van der Waals surface area (Å²) >= 11 is 0. The Balaban J connectivity index is 0.000000344. The predicted molar refractivity (Wildman–Crippen MR) is 295 cm³/mol. The predicted octanol–water partition coefficient (Wildman–Crippen LogP) is 8.46. The number of hydrogen-bond donors (Lipinski definition) is 5. The van der Waals surface area contributed by atoms with Crippen molar-refractivity contribution in [2.75, 3.05) is 27.4 Å². The van der Waals surface area contributed by atoms with E-state index < -0.39 is 71.4 Å². The van der Waals surface area contributed by atoms with Crippen LogP contribution in [0.5, 0.6) is 0 Å². The summed E-state index contributed by atoms with van der Waals surface area (Å²) in [4.78, 5) is 87.3. The van der Waals surface area contributed by atoms with Crippen LogP contribution in [0.15, 0.2) is 103 Å². The van der Waals surface area contributed by atoms with Gasteiger partial charge in [0, 0.05) is 0 Å². The average Bonchev–Trinajstić information content (AvgIpc) is 4.37. The van der Waals surface area contributed by atoms with Crippen molar-refractivity contribution in [2.45, 2.75) is 118 Å². The molecule has 0 fully saturated rings. The third-order valence-electron chi connectivity index (χ3n) is 10.3. The van der Waals surface area contributed by atoms with E-state index in [-0.39, 0.29) is 78.0 Å². The second kappa shape index (κ2) is 33.6. The zero-order valence-electron chi connectivity index (χ0n) is 47.8. The molecule has 4 heterocycles. The molecule has 4 aromatic heterocycles. The third-order valence-corrected chi connectivity index (χ3v) is 10.3. The van der Waals surface area contributed by atoms with Gasteiger partial charge in [0.15, 0.2) is 22.8 Å². The van der Waals surface area contributed by atoms with Gasteiger partial charge in [-0.05, 0) is 64.5 Å². The van der Waals surface area contributed by atoms with Crippen LogP contribution in [0.1, 0.15) is 170 Å². The van der Waals surface area contributed by atoms with Crippen molar-refractivity contribution in [2.24, 2.45) is 17.6 Å². The summed E-state index contributed by atoms with van der Waals surface area (Å²) in [6, 6.07) is 16.6. The summed E-state index contributed by atoms with van der Waals surface area (Å²) in [5.41, 5.74) is 6.39. The van der Waals surface area contributed by atoms with Gasteiger partial charge >= 0.3 is 50.8 Å². The molecule has 5 atom stereocenters. The monoisotopic (exact) mass is 1160 g/mol. The number of hydrogen-bond acceptors (Lipinski definition) is 22. The van der Waals surface area contributed by atoms with E-state index in [1.54, 1.807) is 41.5 Å². The molecule has 0 radical (unpaired) electrons. The molecule has 3 amide bonds. The SMILES string of the molecule is CC(C)C(NC(=O)OC(C)(C)C)c1nc(C(=O)O)co1.COC(=O)c1coc(C(COCc2ccccc2)NC(=O)c2coc(C(NC(=O)OC(C)(C)C)C(C)C)n2)n1.COC(=O)c1coc(C(N)COCc2ccccc2)n1.O=BP. The number of carboxylic acid groups (broad SMARTS) is 1. The minimum atomic E-state index is -1.18. The van der Waals surface area contributed by atoms with Crippen LogP contribution in [0, 0.1) is 11.8 Å². The molecule has 444 valence electrons. The van der Waals surface area contributed by atoms with Crippen molar-refractivity contribution < 1.29 is 84.7 Å². The third kappa shape index (κ3) is 24.3. The molecule has 6 rings (SSSR count). The topological polar surface area (TPSA) is 361 Å². The molecule has 2 aromatic carbocycles. The van der Waals surface area contributed by atoms with Gasteiger partial charge in [-0.3, -0.25) is 4.79 Å². The number of nitrogens with one attached hydrogen (secondary N) is 3. The van der Waals surface area contributed by atoms with E-state index in [0.29, 0.717) is 13.5 Å². The van der Waals surface area contributed by atoms with E-state index in [9.17, 15) is 28.8 Å².